The molecule has 5 nitrogen and oxygen atoms in total. The molecular formula is C18H29N3O2. The number of nitrogens with one attached hydrogen (secondary N) is 1. The van der Waals surface area contributed by atoms with Crippen molar-refractivity contribution in [3.63, 3.8) is 0 Å². The summed E-state index contributed by atoms with van der Waals surface area (Å²) in [6.07, 6.45) is 5.46. The molecule has 1 N–H and O–H groups in total. The Hall–Kier alpha value is -1.49. The first-order valence-electron chi connectivity index (χ1n) is 8.92. The third-order valence-electron chi connectivity index (χ3n) is 4.99. The lowest BCUT2D eigenvalue weighted by atomic mass is 10.0. The first-order valence-corrected chi connectivity index (χ1v) is 8.92. The standard InChI is InChI=1S/C18H29N3O2/c1-14(2)17-13-21(9-4-8-20(17)12-15-6-7-15)18(22)19-11-16-5-3-10-23-16/h3,5,10,14-15,17H,4,6-9,11-13H2,1-2H3,(H,19,22). The van der Waals surface area contributed by atoms with Crippen molar-refractivity contribution in [2.75, 3.05) is 26.2 Å². The van der Waals surface area contributed by atoms with E-state index in [1.54, 1.807) is 6.26 Å². The van der Waals surface area contributed by atoms with Gasteiger partial charge in [0.25, 0.3) is 0 Å². The lowest BCUT2D eigenvalue weighted by Crippen LogP contribution is -2.48. The van der Waals surface area contributed by atoms with Crippen LogP contribution in [-0.2, 0) is 6.54 Å². The average Bonchev–Trinajstić information content (AvgIpc) is 3.24. The first-order chi connectivity index (χ1) is 11.1. The zero-order valence-electron chi connectivity index (χ0n) is 14.3. The maximum Gasteiger partial charge on any atom is 0.317 e. The average molecular weight is 319 g/mol. The number of furan rings is 1. The van der Waals surface area contributed by atoms with Crippen molar-refractivity contribution in [2.45, 2.75) is 45.7 Å². The molecule has 2 heterocycles. The van der Waals surface area contributed by atoms with Crippen molar-refractivity contribution >= 4 is 6.03 Å². The smallest absolute Gasteiger partial charge is 0.317 e. The lowest BCUT2D eigenvalue weighted by molar-refractivity contribution is 0.136. The van der Waals surface area contributed by atoms with Gasteiger partial charge in [0.1, 0.15) is 5.76 Å². The molecule has 2 aliphatic rings. The number of rotatable bonds is 5. The zero-order valence-corrected chi connectivity index (χ0v) is 14.3. The third kappa shape index (κ3) is 4.50. The molecule has 1 aromatic heterocycles. The van der Waals surface area contributed by atoms with Gasteiger partial charge in [-0.25, -0.2) is 4.79 Å². The van der Waals surface area contributed by atoms with Crippen LogP contribution in [-0.4, -0.2) is 48.1 Å². The van der Waals surface area contributed by atoms with Crippen LogP contribution in [0.1, 0.15) is 38.9 Å². The SMILES string of the molecule is CC(C)C1CN(C(=O)NCc2ccco2)CCCN1CC1CC1. The Morgan fingerprint density at radius 2 is 2.22 bits per heavy atom. The van der Waals surface area contributed by atoms with Crippen LogP contribution in [0.2, 0.25) is 0 Å². The van der Waals surface area contributed by atoms with Gasteiger partial charge < -0.3 is 14.6 Å². The summed E-state index contributed by atoms with van der Waals surface area (Å²) in [5.74, 6) is 2.26. The van der Waals surface area contributed by atoms with E-state index in [1.165, 1.54) is 19.4 Å². The third-order valence-corrected chi connectivity index (χ3v) is 4.99. The van der Waals surface area contributed by atoms with E-state index in [0.29, 0.717) is 18.5 Å². The van der Waals surface area contributed by atoms with Gasteiger partial charge in [0.15, 0.2) is 0 Å². The van der Waals surface area contributed by atoms with Crippen molar-refractivity contribution < 1.29 is 9.21 Å². The van der Waals surface area contributed by atoms with Gasteiger partial charge in [-0.3, -0.25) is 4.90 Å². The molecule has 128 valence electrons. The Morgan fingerprint density at radius 3 is 2.87 bits per heavy atom. The fourth-order valence-electron chi connectivity index (χ4n) is 3.43. The van der Waals surface area contributed by atoms with Gasteiger partial charge in [-0.2, -0.15) is 0 Å². The summed E-state index contributed by atoms with van der Waals surface area (Å²) >= 11 is 0. The molecule has 1 aliphatic heterocycles. The fraction of sp³-hybridized carbons (Fsp3) is 0.722. The summed E-state index contributed by atoms with van der Waals surface area (Å²) in [6, 6.07) is 4.22. The Bertz CT molecular complexity index is 496. The van der Waals surface area contributed by atoms with Crippen molar-refractivity contribution in [3.8, 4) is 0 Å². The maximum atomic E-state index is 12.5. The van der Waals surface area contributed by atoms with Crippen LogP contribution in [0, 0.1) is 11.8 Å². The minimum Gasteiger partial charge on any atom is -0.467 e. The fourth-order valence-corrected chi connectivity index (χ4v) is 3.43. The molecule has 1 aliphatic carbocycles. The van der Waals surface area contributed by atoms with Crippen molar-refractivity contribution in [1.29, 1.82) is 0 Å². The van der Waals surface area contributed by atoms with Crippen LogP contribution in [0.25, 0.3) is 0 Å². The molecule has 5 heteroatoms. The monoisotopic (exact) mass is 319 g/mol. The summed E-state index contributed by atoms with van der Waals surface area (Å²) in [4.78, 5) is 17.1. The lowest BCUT2D eigenvalue weighted by Gasteiger charge is -2.34. The molecule has 0 bridgehead atoms. The molecule has 1 aromatic rings. The second kappa shape index (κ2) is 7.39. The largest absolute Gasteiger partial charge is 0.467 e. The second-order valence-electron chi connectivity index (χ2n) is 7.29. The van der Waals surface area contributed by atoms with Crippen LogP contribution in [0.3, 0.4) is 0 Å². The van der Waals surface area contributed by atoms with E-state index in [1.807, 2.05) is 17.0 Å². The van der Waals surface area contributed by atoms with Crippen molar-refractivity contribution in [3.05, 3.63) is 24.2 Å². The van der Waals surface area contributed by atoms with E-state index in [-0.39, 0.29) is 6.03 Å². The van der Waals surface area contributed by atoms with Crippen molar-refractivity contribution in [1.82, 2.24) is 15.1 Å². The summed E-state index contributed by atoms with van der Waals surface area (Å²) in [7, 11) is 0. The zero-order chi connectivity index (χ0) is 16.2. The maximum absolute atomic E-state index is 12.5. The summed E-state index contributed by atoms with van der Waals surface area (Å²) < 4.78 is 5.28. The molecule has 1 atom stereocenters. The number of nitrogens with zero attached hydrogens (tertiary/aromatic N) is 2. The minimum absolute atomic E-state index is 0.0281. The van der Waals surface area contributed by atoms with Gasteiger partial charge in [-0.15, -0.1) is 0 Å². The van der Waals surface area contributed by atoms with Crippen LogP contribution >= 0.6 is 0 Å². The first kappa shape index (κ1) is 16.4. The molecule has 3 rings (SSSR count). The van der Waals surface area contributed by atoms with E-state index >= 15 is 0 Å². The minimum atomic E-state index is 0.0281. The van der Waals surface area contributed by atoms with Crippen LogP contribution in [0.4, 0.5) is 4.79 Å². The number of urea groups is 1. The highest BCUT2D eigenvalue weighted by molar-refractivity contribution is 5.74. The van der Waals surface area contributed by atoms with E-state index in [0.717, 1.165) is 37.7 Å². The summed E-state index contributed by atoms with van der Waals surface area (Å²) in [5.41, 5.74) is 0. The van der Waals surface area contributed by atoms with Gasteiger partial charge in [0, 0.05) is 32.2 Å². The number of hydrogen-bond acceptors (Lipinski definition) is 3. The Balaban J connectivity index is 1.57. The molecular weight excluding hydrogens is 290 g/mol. The molecule has 1 saturated heterocycles. The van der Waals surface area contributed by atoms with Gasteiger partial charge in [0.2, 0.25) is 0 Å². The van der Waals surface area contributed by atoms with Gasteiger partial charge >= 0.3 is 6.03 Å². The predicted molar refractivity (Wildman–Crippen MR) is 90.1 cm³/mol. The molecule has 0 aromatic carbocycles. The molecule has 2 amide bonds. The molecule has 2 fully saturated rings. The predicted octanol–water partition coefficient (Wildman–Crippen LogP) is 2.93. The van der Waals surface area contributed by atoms with E-state index in [4.69, 9.17) is 4.42 Å². The number of hydrogen-bond donors (Lipinski definition) is 1. The van der Waals surface area contributed by atoms with Crippen LogP contribution < -0.4 is 5.32 Å². The molecule has 23 heavy (non-hydrogen) atoms. The Kier molecular flexibility index (Phi) is 5.26. The molecule has 1 saturated carbocycles. The number of amides is 2. The quantitative estimate of drug-likeness (QED) is 0.908. The van der Waals surface area contributed by atoms with Gasteiger partial charge in [-0.05, 0) is 43.2 Å². The highest BCUT2D eigenvalue weighted by atomic mass is 16.3. The Labute approximate surface area is 139 Å². The highest BCUT2D eigenvalue weighted by Crippen LogP contribution is 2.31. The van der Waals surface area contributed by atoms with Gasteiger partial charge in [0.05, 0.1) is 12.8 Å². The number of carbonyl (C=O) groups excluding carboxylic acids is 1. The summed E-state index contributed by atoms with van der Waals surface area (Å²) in [6.45, 7) is 9.00. The van der Waals surface area contributed by atoms with Crippen LogP contribution in [0.5, 0.6) is 0 Å². The van der Waals surface area contributed by atoms with Crippen LogP contribution in [0.15, 0.2) is 22.8 Å². The van der Waals surface area contributed by atoms with E-state index in [2.05, 4.69) is 24.1 Å². The second-order valence-corrected chi connectivity index (χ2v) is 7.29. The number of carbonyl (C=O) groups is 1. The Morgan fingerprint density at radius 1 is 1.39 bits per heavy atom. The summed E-state index contributed by atoms with van der Waals surface area (Å²) in [5, 5.41) is 2.98. The molecule has 0 radical (unpaired) electrons. The van der Waals surface area contributed by atoms with E-state index in [9.17, 15) is 4.79 Å². The normalized spacial score (nSPS) is 23.1. The van der Waals surface area contributed by atoms with Crippen molar-refractivity contribution in [2.24, 2.45) is 11.8 Å². The topological polar surface area (TPSA) is 48.7 Å². The molecule has 1 unspecified atom stereocenters. The highest BCUT2D eigenvalue weighted by Gasteiger charge is 2.33. The van der Waals surface area contributed by atoms with Gasteiger partial charge in [-0.1, -0.05) is 13.8 Å². The molecule has 0 spiro atoms. The van der Waals surface area contributed by atoms with E-state index < -0.39 is 0 Å².